The Bertz CT molecular complexity index is 1230. The minimum absolute atomic E-state index is 0.000681. The first kappa shape index (κ1) is 18.8. The highest BCUT2D eigenvalue weighted by Crippen LogP contribution is 2.28. The summed E-state index contributed by atoms with van der Waals surface area (Å²) in [6.45, 7) is 6.26. The van der Waals surface area contributed by atoms with Gasteiger partial charge >= 0.3 is 0 Å². The van der Waals surface area contributed by atoms with Gasteiger partial charge in [-0.25, -0.2) is 0 Å². The lowest BCUT2D eigenvalue weighted by Crippen LogP contribution is -2.34. The van der Waals surface area contributed by atoms with E-state index in [1.807, 2.05) is 36.4 Å². The molecule has 0 aliphatic carbocycles. The monoisotopic (exact) mass is 398 g/mol. The zero-order valence-corrected chi connectivity index (χ0v) is 17.3. The third-order valence-electron chi connectivity index (χ3n) is 6.12. The summed E-state index contributed by atoms with van der Waals surface area (Å²) in [6, 6.07) is 18.4. The fraction of sp³-hybridized carbons (Fsp3) is 0.280. The lowest BCUT2D eigenvalue weighted by atomic mass is 9.95. The van der Waals surface area contributed by atoms with Crippen LogP contribution in [0.2, 0.25) is 0 Å². The predicted octanol–water partition coefficient (Wildman–Crippen LogP) is 4.00. The molecule has 0 fully saturated rings. The van der Waals surface area contributed by atoms with E-state index < -0.39 is 0 Å². The zero-order chi connectivity index (χ0) is 20.5. The summed E-state index contributed by atoms with van der Waals surface area (Å²) in [6.07, 6.45) is 2.98. The highest BCUT2D eigenvalue weighted by Gasteiger charge is 2.25. The van der Waals surface area contributed by atoms with E-state index >= 15 is 0 Å². The second-order valence-electron chi connectivity index (χ2n) is 7.87. The molecule has 2 aromatic carbocycles. The van der Waals surface area contributed by atoms with Crippen molar-refractivity contribution in [2.24, 2.45) is 0 Å². The van der Waals surface area contributed by atoms with Crippen molar-refractivity contribution in [2.75, 3.05) is 19.6 Å². The molecule has 0 unspecified atom stereocenters. The third-order valence-corrected chi connectivity index (χ3v) is 6.12. The molecule has 5 heteroatoms. The molecule has 5 nitrogen and oxygen atoms in total. The van der Waals surface area contributed by atoms with Crippen molar-refractivity contribution in [1.29, 1.82) is 0 Å². The van der Waals surface area contributed by atoms with E-state index in [1.165, 1.54) is 10.9 Å². The van der Waals surface area contributed by atoms with Crippen LogP contribution >= 0.6 is 0 Å². The van der Waals surface area contributed by atoms with Gasteiger partial charge in [0.2, 0.25) is 0 Å². The summed E-state index contributed by atoms with van der Waals surface area (Å²) in [5.41, 5.74) is 5.05. The van der Waals surface area contributed by atoms with Crippen LogP contribution in [-0.2, 0) is 19.5 Å². The molecule has 2 aromatic heterocycles. The number of nitrogens with zero attached hydrogens (tertiary/aromatic N) is 3. The molecule has 152 valence electrons. The molecule has 0 saturated carbocycles. The van der Waals surface area contributed by atoms with Crippen LogP contribution in [0.4, 0.5) is 0 Å². The molecule has 0 spiro atoms. The van der Waals surface area contributed by atoms with Crippen molar-refractivity contribution in [3.63, 3.8) is 0 Å². The van der Waals surface area contributed by atoms with Crippen molar-refractivity contribution in [3.8, 4) is 0 Å². The van der Waals surface area contributed by atoms with E-state index in [4.69, 9.17) is 4.98 Å². The topological polar surface area (TPSA) is 50.2 Å². The number of nitrogens with one attached hydrogen (secondary N) is 1. The highest BCUT2D eigenvalue weighted by atomic mass is 16.1. The number of carbonyl (C=O) groups is 1. The molecule has 1 aliphatic rings. The predicted molar refractivity (Wildman–Crippen MR) is 121 cm³/mol. The second-order valence-corrected chi connectivity index (χ2v) is 7.87. The van der Waals surface area contributed by atoms with Crippen molar-refractivity contribution in [1.82, 2.24) is 19.8 Å². The zero-order valence-electron chi connectivity index (χ0n) is 17.3. The normalized spacial score (nSPS) is 14.2. The van der Waals surface area contributed by atoms with Gasteiger partial charge in [-0.15, -0.1) is 0 Å². The number of fused-ring (bicyclic) bond motifs is 3. The van der Waals surface area contributed by atoms with Gasteiger partial charge in [0, 0.05) is 61.0 Å². The molecular formula is C25H26N4O. The Morgan fingerprint density at radius 1 is 1.10 bits per heavy atom. The molecule has 1 amide bonds. The smallest absolute Gasteiger partial charge is 0.252 e. The van der Waals surface area contributed by atoms with Gasteiger partial charge in [0.1, 0.15) is 0 Å². The number of pyridine rings is 1. The van der Waals surface area contributed by atoms with Gasteiger partial charge in [-0.1, -0.05) is 43.3 Å². The number of rotatable bonds is 5. The second kappa shape index (κ2) is 7.92. The third kappa shape index (κ3) is 3.35. The van der Waals surface area contributed by atoms with Gasteiger partial charge < -0.3 is 9.88 Å². The van der Waals surface area contributed by atoms with Gasteiger partial charge in [-0.05, 0) is 30.1 Å². The Hall–Kier alpha value is -3.18. The number of hydrogen-bond acceptors (Lipinski definition) is 3. The minimum Gasteiger partial charge on any atom is -0.350 e. The number of hydrogen-bond donors (Lipinski definition) is 1. The lowest BCUT2D eigenvalue weighted by molar-refractivity contribution is 0.0951. The van der Waals surface area contributed by atoms with E-state index in [2.05, 4.69) is 46.1 Å². The SMILES string of the molecule is CCN1CCc2nc3ccccc3c(C(=O)NCCn3ccc4ccccc43)c2C1. The fourth-order valence-corrected chi connectivity index (χ4v) is 4.49. The summed E-state index contributed by atoms with van der Waals surface area (Å²) >= 11 is 0. The first-order chi connectivity index (χ1) is 14.7. The van der Waals surface area contributed by atoms with E-state index in [-0.39, 0.29) is 5.91 Å². The van der Waals surface area contributed by atoms with E-state index in [9.17, 15) is 4.79 Å². The number of para-hydroxylation sites is 2. The summed E-state index contributed by atoms with van der Waals surface area (Å²) in [5.74, 6) is -0.000681. The molecule has 3 heterocycles. The maximum absolute atomic E-state index is 13.4. The average molecular weight is 399 g/mol. The Morgan fingerprint density at radius 3 is 2.83 bits per heavy atom. The quantitative estimate of drug-likeness (QED) is 0.553. The number of likely N-dealkylation sites (N-methyl/N-ethyl adjacent to an activating group) is 1. The first-order valence-corrected chi connectivity index (χ1v) is 10.7. The molecule has 0 saturated heterocycles. The maximum Gasteiger partial charge on any atom is 0.252 e. The van der Waals surface area contributed by atoms with Crippen LogP contribution in [0.3, 0.4) is 0 Å². The van der Waals surface area contributed by atoms with Gasteiger partial charge in [0.15, 0.2) is 0 Å². The van der Waals surface area contributed by atoms with Crippen molar-refractivity contribution < 1.29 is 4.79 Å². The molecule has 4 aromatic rings. The number of carbonyl (C=O) groups excluding carboxylic acids is 1. The van der Waals surface area contributed by atoms with Crippen LogP contribution < -0.4 is 5.32 Å². The number of aromatic nitrogens is 2. The van der Waals surface area contributed by atoms with Crippen LogP contribution in [0, 0.1) is 0 Å². The van der Waals surface area contributed by atoms with E-state index in [0.29, 0.717) is 6.54 Å². The van der Waals surface area contributed by atoms with Crippen molar-refractivity contribution in [2.45, 2.75) is 26.4 Å². The summed E-state index contributed by atoms with van der Waals surface area (Å²) < 4.78 is 2.19. The van der Waals surface area contributed by atoms with Gasteiger partial charge in [-0.2, -0.15) is 0 Å². The largest absolute Gasteiger partial charge is 0.350 e. The molecule has 30 heavy (non-hydrogen) atoms. The number of benzene rings is 2. The Balaban J connectivity index is 1.42. The number of amides is 1. The van der Waals surface area contributed by atoms with Crippen molar-refractivity contribution >= 4 is 27.7 Å². The van der Waals surface area contributed by atoms with E-state index in [1.54, 1.807) is 0 Å². The summed E-state index contributed by atoms with van der Waals surface area (Å²) in [7, 11) is 0. The lowest BCUT2D eigenvalue weighted by Gasteiger charge is -2.29. The van der Waals surface area contributed by atoms with Crippen LogP contribution in [0.25, 0.3) is 21.8 Å². The van der Waals surface area contributed by atoms with Crippen LogP contribution in [0.5, 0.6) is 0 Å². The summed E-state index contributed by atoms with van der Waals surface area (Å²) in [5, 5.41) is 5.33. The van der Waals surface area contributed by atoms with Crippen LogP contribution in [-0.4, -0.2) is 40.0 Å². The highest BCUT2D eigenvalue weighted by molar-refractivity contribution is 6.07. The molecular weight excluding hydrogens is 372 g/mol. The fourth-order valence-electron chi connectivity index (χ4n) is 4.49. The summed E-state index contributed by atoms with van der Waals surface area (Å²) in [4.78, 5) is 20.6. The molecule has 1 aliphatic heterocycles. The van der Waals surface area contributed by atoms with Gasteiger partial charge in [0.05, 0.1) is 11.1 Å². The van der Waals surface area contributed by atoms with Gasteiger partial charge in [-0.3, -0.25) is 14.7 Å². The van der Waals surface area contributed by atoms with E-state index in [0.717, 1.165) is 60.3 Å². The van der Waals surface area contributed by atoms with Crippen LogP contribution in [0.15, 0.2) is 60.8 Å². The molecule has 5 rings (SSSR count). The molecule has 1 N–H and O–H groups in total. The Morgan fingerprint density at radius 2 is 1.93 bits per heavy atom. The maximum atomic E-state index is 13.4. The molecule has 0 radical (unpaired) electrons. The molecule has 0 atom stereocenters. The van der Waals surface area contributed by atoms with Crippen LogP contribution in [0.1, 0.15) is 28.5 Å². The molecule has 0 bridgehead atoms. The van der Waals surface area contributed by atoms with Gasteiger partial charge in [0.25, 0.3) is 5.91 Å². The first-order valence-electron chi connectivity index (χ1n) is 10.7. The van der Waals surface area contributed by atoms with Crippen molar-refractivity contribution in [3.05, 3.63) is 77.6 Å². The Kier molecular flexibility index (Phi) is 4.97. The average Bonchev–Trinajstić information content (AvgIpc) is 3.20. The Labute approximate surface area is 176 Å². The minimum atomic E-state index is -0.000681. The standard InChI is InChI=1S/C25H26N4O/c1-2-28-14-12-22-20(17-28)24(19-8-4-5-9-21(19)27-22)25(30)26-13-16-29-15-11-18-7-3-6-10-23(18)29/h3-11,15H,2,12-14,16-17H2,1H3,(H,26,30).